The number of methoxy groups -OCH3 is 1. The molecule has 0 aromatic heterocycles. The van der Waals surface area contributed by atoms with Crippen molar-refractivity contribution in [3.05, 3.63) is 52.5 Å². The van der Waals surface area contributed by atoms with Crippen molar-refractivity contribution in [2.24, 2.45) is 0 Å². The first-order chi connectivity index (χ1) is 11.8. The summed E-state index contributed by atoms with van der Waals surface area (Å²) < 4.78 is 11.3. The van der Waals surface area contributed by atoms with Crippen LogP contribution in [0.2, 0.25) is 5.02 Å². The van der Waals surface area contributed by atoms with Gasteiger partial charge in [0.1, 0.15) is 17.1 Å². The number of amides is 1. The van der Waals surface area contributed by atoms with Gasteiger partial charge in [-0.05, 0) is 50.2 Å². The fraction of sp³-hybridized carbons (Fsp3) is 0.316. The Morgan fingerprint density at radius 1 is 1.32 bits per heavy atom. The molecule has 5 nitrogen and oxygen atoms in total. The van der Waals surface area contributed by atoms with Crippen molar-refractivity contribution < 1.29 is 14.3 Å². The Labute approximate surface area is 152 Å². The zero-order valence-corrected chi connectivity index (χ0v) is 15.2. The molecule has 2 aromatic carbocycles. The maximum absolute atomic E-state index is 12.8. The van der Waals surface area contributed by atoms with Gasteiger partial charge in [0.25, 0.3) is 5.91 Å². The van der Waals surface area contributed by atoms with Crippen LogP contribution in [0.5, 0.6) is 11.5 Å². The van der Waals surface area contributed by atoms with Crippen LogP contribution in [0.1, 0.15) is 42.2 Å². The first-order valence-corrected chi connectivity index (χ1v) is 8.40. The van der Waals surface area contributed by atoms with Crippen molar-refractivity contribution in [2.75, 3.05) is 12.8 Å². The third-order valence-corrected chi connectivity index (χ3v) is 4.44. The van der Waals surface area contributed by atoms with Gasteiger partial charge in [-0.25, -0.2) is 0 Å². The first-order valence-electron chi connectivity index (χ1n) is 8.02. The minimum Gasteiger partial charge on any atom is -0.496 e. The molecule has 6 heteroatoms. The number of anilines is 1. The Hall–Kier alpha value is -2.40. The lowest BCUT2D eigenvalue weighted by atomic mass is 9.89. The highest BCUT2D eigenvalue weighted by atomic mass is 35.5. The van der Waals surface area contributed by atoms with E-state index < -0.39 is 5.60 Å². The standard InChI is InChI=1S/C19H21ClN2O3/c1-19(2)10-15(14-9-12(21)5-7-16(14)25-19)22-18(23)13-6-4-11(20)8-17(13)24-3/h4-9,15H,10,21H2,1-3H3,(H,22,23). The van der Waals surface area contributed by atoms with E-state index >= 15 is 0 Å². The molecule has 1 amide bonds. The van der Waals surface area contributed by atoms with Gasteiger partial charge in [-0.3, -0.25) is 4.79 Å². The molecule has 1 heterocycles. The maximum atomic E-state index is 12.8. The van der Waals surface area contributed by atoms with Gasteiger partial charge < -0.3 is 20.5 Å². The zero-order valence-electron chi connectivity index (χ0n) is 14.4. The molecular weight excluding hydrogens is 340 g/mol. The van der Waals surface area contributed by atoms with Gasteiger partial charge in [-0.2, -0.15) is 0 Å². The lowest BCUT2D eigenvalue weighted by Crippen LogP contribution is -2.41. The summed E-state index contributed by atoms with van der Waals surface area (Å²) in [6, 6.07) is 10.2. The molecule has 3 N–H and O–H groups in total. The molecule has 1 atom stereocenters. The molecule has 132 valence electrons. The van der Waals surface area contributed by atoms with Crippen LogP contribution in [0, 0.1) is 0 Å². The Kier molecular flexibility index (Phi) is 4.52. The SMILES string of the molecule is COc1cc(Cl)ccc1C(=O)NC1CC(C)(C)Oc2ccc(N)cc21. The number of benzene rings is 2. The fourth-order valence-corrected chi connectivity index (χ4v) is 3.25. The van der Waals surface area contributed by atoms with E-state index in [4.69, 9.17) is 26.8 Å². The van der Waals surface area contributed by atoms with E-state index in [9.17, 15) is 4.79 Å². The van der Waals surface area contributed by atoms with E-state index in [-0.39, 0.29) is 11.9 Å². The van der Waals surface area contributed by atoms with Gasteiger partial charge in [0.2, 0.25) is 0 Å². The molecule has 0 bridgehead atoms. The molecule has 2 aromatic rings. The molecule has 0 radical (unpaired) electrons. The second kappa shape index (κ2) is 6.48. The predicted octanol–water partition coefficient (Wildman–Crippen LogP) is 3.96. The van der Waals surface area contributed by atoms with Crippen LogP contribution in [0.15, 0.2) is 36.4 Å². The quantitative estimate of drug-likeness (QED) is 0.812. The predicted molar refractivity (Wildman–Crippen MR) is 98.4 cm³/mol. The number of nitrogen functional groups attached to an aromatic ring is 1. The average molecular weight is 361 g/mol. The Balaban J connectivity index is 1.92. The number of carbonyl (C=O) groups is 1. The summed E-state index contributed by atoms with van der Waals surface area (Å²) in [5.74, 6) is 0.938. The third kappa shape index (κ3) is 3.66. The van der Waals surface area contributed by atoms with Crippen molar-refractivity contribution in [1.29, 1.82) is 0 Å². The molecule has 1 aliphatic rings. The highest BCUT2D eigenvalue weighted by molar-refractivity contribution is 6.30. The smallest absolute Gasteiger partial charge is 0.255 e. The molecular formula is C19H21ClN2O3. The second-order valence-electron chi connectivity index (χ2n) is 6.73. The topological polar surface area (TPSA) is 73.6 Å². The van der Waals surface area contributed by atoms with Gasteiger partial charge >= 0.3 is 0 Å². The lowest BCUT2D eigenvalue weighted by molar-refractivity contribution is 0.0619. The maximum Gasteiger partial charge on any atom is 0.255 e. The third-order valence-electron chi connectivity index (χ3n) is 4.20. The number of fused-ring (bicyclic) bond motifs is 1. The van der Waals surface area contributed by atoms with Crippen LogP contribution in [-0.2, 0) is 0 Å². The van der Waals surface area contributed by atoms with Crippen molar-refractivity contribution >= 4 is 23.2 Å². The molecule has 0 fully saturated rings. The van der Waals surface area contributed by atoms with Crippen molar-refractivity contribution in [3.8, 4) is 11.5 Å². The van der Waals surface area contributed by atoms with Gasteiger partial charge in [0, 0.05) is 22.7 Å². The summed E-state index contributed by atoms with van der Waals surface area (Å²) in [6.45, 7) is 3.99. The number of halogens is 1. The number of ether oxygens (including phenoxy) is 2. The summed E-state index contributed by atoms with van der Waals surface area (Å²) in [4.78, 5) is 12.8. The lowest BCUT2D eigenvalue weighted by Gasteiger charge is -2.38. The van der Waals surface area contributed by atoms with Gasteiger partial charge in [-0.1, -0.05) is 11.6 Å². The Morgan fingerprint density at radius 3 is 2.80 bits per heavy atom. The van der Waals surface area contributed by atoms with Crippen LogP contribution in [0.25, 0.3) is 0 Å². The van der Waals surface area contributed by atoms with Crippen molar-refractivity contribution in [1.82, 2.24) is 5.32 Å². The molecule has 0 aliphatic carbocycles. The van der Waals surface area contributed by atoms with E-state index in [0.29, 0.717) is 28.4 Å². The summed E-state index contributed by atoms with van der Waals surface area (Å²) in [7, 11) is 1.51. The van der Waals surface area contributed by atoms with E-state index in [0.717, 1.165) is 11.3 Å². The van der Waals surface area contributed by atoms with Crippen molar-refractivity contribution in [2.45, 2.75) is 31.9 Å². The van der Waals surface area contributed by atoms with E-state index in [2.05, 4.69) is 5.32 Å². The zero-order chi connectivity index (χ0) is 18.2. The molecule has 1 aliphatic heterocycles. The fourth-order valence-electron chi connectivity index (χ4n) is 3.09. The van der Waals surface area contributed by atoms with Crippen LogP contribution >= 0.6 is 11.6 Å². The highest BCUT2D eigenvalue weighted by Crippen LogP contribution is 2.40. The number of carbonyl (C=O) groups excluding carboxylic acids is 1. The Morgan fingerprint density at radius 2 is 2.08 bits per heavy atom. The van der Waals surface area contributed by atoms with E-state index in [1.54, 1.807) is 24.3 Å². The van der Waals surface area contributed by atoms with Gasteiger partial charge in [0.05, 0.1) is 18.7 Å². The monoisotopic (exact) mass is 360 g/mol. The number of rotatable bonds is 3. The average Bonchev–Trinajstić information content (AvgIpc) is 2.54. The summed E-state index contributed by atoms with van der Waals surface area (Å²) in [5.41, 5.74) is 7.45. The summed E-state index contributed by atoms with van der Waals surface area (Å²) >= 11 is 5.97. The van der Waals surface area contributed by atoms with Crippen LogP contribution in [0.3, 0.4) is 0 Å². The highest BCUT2D eigenvalue weighted by Gasteiger charge is 2.35. The molecule has 25 heavy (non-hydrogen) atoms. The van der Waals surface area contributed by atoms with Gasteiger partial charge in [-0.15, -0.1) is 0 Å². The molecule has 0 spiro atoms. The molecule has 3 rings (SSSR count). The van der Waals surface area contributed by atoms with E-state index in [1.165, 1.54) is 7.11 Å². The van der Waals surface area contributed by atoms with E-state index in [1.807, 2.05) is 26.0 Å². The minimum absolute atomic E-state index is 0.213. The normalized spacial score (nSPS) is 18.0. The van der Waals surface area contributed by atoms with Gasteiger partial charge in [0.15, 0.2) is 0 Å². The summed E-state index contributed by atoms with van der Waals surface area (Å²) in [6.07, 6.45) is 0.630. The Bertz CT molecular complexity index is 820. The molecule has 1 unspecified atom stereocenters. The van der Waals surface area contributed by atoms with Crippen LogP contribution in [-0.4, -0.2) is 18.6 Å². The van der Waals surface area contributed by atoms with Crippen LogP contribution in [0.4, 0.5) is 5.69 Å². The number of nitrogens with one attached hydrogen (secondary N) is 1. The number of nitrogens with two attached hydrogens (primary N) is 1. The number of hydrogen-bond donors (Lipinski definition) is 2. The molecule has 0 saturated carbocycles. The first kappa shape index (κ1) is 17.4. The van der Waals surface area contributed by atoms with Crippen LogP contribution < -0.4 is 20.5 Å². The summed E-state index contributed by atoms with van der Waals surface area (Å²) in [5, 5.41) is 3.58. The second-order valence-corrected chi connectivity index (χ2v) is 7.17. The number of hydrogen-bond acceptors (Lipinski definition) is 4. The van der Waals surface area contributed by atoms with Crippen molar-refractivity contribution in [3.63, 3.8) is 0 Å². The largest absolute Gasteiger partial charge is 0.496 e. The molecule has 0 saturated heterocycles. The minimum atomic E-state index is -0.398.